The van der Waals surface area contributed by atoms with Crippen LogP contribution < -0.4 is 11.1 Å². The lowest BCUT2D eigenvalue weighted by Gasteiger charge is -2.21. The fourth-order valence-corrected chi connectivity index (χ4v) is 1.36. The lowest BCUT2D eigenvalue weighted by molar-refractivity contribution is -0.140. The molecule has 0 aliphatic carbocycles. The molecule has 15 heavy (non-hydrogen) atoms. The molecule has 0 spiro atoms. The van der Waals surface area contributed by atoms with Crippen LogP contribution in [0.5, 0.6) is 0 Å². The van der Waals surface area contributed by atoms with E-state index in [1.165, 1.54) is 0 Å². The van der Waals surface area contributed by atoms with Gasteiger partial charge in [-0.3, -0.25) is 14.9 Å². The molecule has 5 heteroatoms. The zero-order chi connectivity index (χ0) is 12.0. The largest absolute Gasteiger partial charge is 0.480 e. The number of aliphatic carboxylic acids is 1. The first kappa shape index (κ1) is 13.9. The van der Waals surface area contributed by atoms with Crippen molar-refractivity contribution in [1.82, 2.24) is 5.32 Å². The second-order valence-electron chi connectivity index (χ2n) is 4.05. The minimum atomic E-state index is -0.941. The van der Waals surface area contributed by atoms with E-state index >= 15 is 0 Å². The number of rotatable bonds is 7. The summed E-state index contributed by atoms with van der Waals surface area (Å²) in [4.78, 5) is 21.8. The SMILES string of the molecule is CCC(NC(CC(C)C)C(=O)O)C(N)=O. The van der Waals surface area contributed by atoms with Crippen LogP contribution in [0, 0.1) is 5.92 Å². The molecule has 0 bridgehead atoms. The van der Waals surface area contributed by atoms with Crippen LogP contribution in [-0.4, -0.2) is 29.1 Å². The number of amides is 1. The molecule has 2 atom stereocenters. The monoisotopic (exact) mass is 216 g/mol. The van der Waals surface area contributed by atoms with E-state index in [1.807, 2.05) is 13.8 Å². The Morgan fingerprint density at radius 3 is 2.13 bits per heavy atom. The van der Waals surface area contributed by atoms with Crippen LogP contribution in [0.4, 0.5) is 0 Å². The highest BCUT2D eigenvalue weighted by atomic mass is 16.4. The number of carboxylic acids is 1. The highest BCUT2D eigenvalue weighted by Gasteiger charge is 2.24. The van der Waals surface area contributed by atoms with E-state index < -0.39 is 24.0 Å². The number of carbonyl (C=O) groups is 2. The Bertz CT molecular complexity index is 229. The van der Waals surface area contributed by atoms with Crippen molar-refractivity contribution in [2.24, 2.45) is 11.7 Å². The van der Waals surface area contributed by atoms with Crippen LogP contribution >= 0.6 is 0 Å². The fraction of sp³-hybridized carbons (Fsp3) is 0.800. The first-order chi connectivity index (χ1) is 6.88. The standard InChI is InChI=1S/C10H20N2O3/c1-4-7(9(11)13)12-8(10(14)15)5-6(2)3/h6-8,12H,4-5H2,1-3H3,(H2,11,13)(H,14,15). The molecule has 0 aromatic carbocycles. The molecular formula is C10H20N2O3. The van der Waals surface area contributed by atoms with Gasteiger partial charge in [-0.05, 0) is 18.8 Å². The summed E-state index contributed by atoms with van der Waals surface area (Å²) in [6, 6.07) is -1.27. The molecule has 0 aromatic heterocycles. The van der Waals surface area contributed by atoms with Crippen LogP contribution in [0.3, 0.4) is 0 Å². The Morgan fingerprint density at radius 1 is 1.33 bits per heavy atom. The lowest BCUT2D eigenvalue weighted by Crippen LogP contribution is -2.49. The molecule has 1 amide bonds. The molecule has 0 fully saturated rings. The summed E-state index contributed by atoms with van der Waals surface area (Å²) in [6.07, 6.45) is 0.982. The number of carbonyl (C=O) groups excluding carboxylic acids is 1. The van der Waals surface area contributed by atoms with E-state index in [4.69, 9.17) is 10.8 Å². The number of hydrogen-bond donors (Lipinski definition) is 3. The molecule has 0 aliphatic heterocycles. The van der Waals surface area contributed by atoms with Gasteiger partial charge in [0.2, 0.25) is 5.91 Å². The zero-order valence-electron chi connectivity index (χ0n) is 9.49. The van der Waals surface area contributed by atoms with Crippen LogP contribution in [-0.2, 0) is 9.59 Å². The van der Waals surface area contributed by atoms with Crippen LogP contribution in [0.2, 0.25) is 0 Å². The Labute approximate surface area is 90.0 Å². The minimum Gasteiger partial charge on any atom is -0.480 e. The molecule has 0 aliphatic rings. The first-order valence-corrected chi connectivity index (χ1v) is 5.16. The topological polar surface area (TPSA) is 92.4 Å². The van der Waals surface area contributed by atoms with E-state index in [-0.39, 0.29) is 5.92 Å². The van der Waals surface area contributed by atoms with E-state index in [0.717, 1.165) is 0 Å². The normalized spacial score (nSPS) is 14.9. The van der Waals surface area contributed by atoms with Crippen LogP contribution in [0.25, 0.3) is 0 Å². The van der Waals surface area contributed by atoms with Gasteiger partial charge < -0.3 is 10.8 Å². The van der Waals surface area contributed by atoms with Crippen LogP contribution in [0.1, 0.15) is 33.6 Å². The highest BCUT2D eigenvalue weighted by Crippen LogP contribution is 2.06. The highest BCUT2D eigenvalue weighted by molar-refractivity contribution is 5.81. The third-order valence-corrected chi connectivity index (χ3v) is 2.16. The summed E-state index contributed by atoms with van der Waals surface area (Å²) in [6.45, 7) is 5.66. The first-order valence-electron chi connectivity index (χ1n) is 5.16. The number of nitrogens with one attached hydrogen (secondary N) is 1. The van der Waals surface area contributed by atoms with E-state index in [9.17, 15) is 9.59 Å². The molecular weight excluding hydrogens is 196 g/mol. The Hall–Kier alpha value is -1.10. The second-order valence-corrected chi connectivity index (χ2v) is 4.05. The minimum absolute atomic E-state index is 0.254. The van der Waals surface area contributed by atoms with Gasteiger partial charge in [-0.25, -0.2) is 0 Å². The summed E-state index contributed by atoms with van der Waals surface area (Å²) in [5.41, 5.74) is 5.13. The lowest BCUT2D eigenvalue weighted by atomic mass is 10.0. The van der Waals surface area contributed by atoms with Crippen molar-refractivity contribution >= 4 is 11.9 Å². The smallest absolute Gasteiger partial charge is 0.320 e. The zero-order valence-corrected chi connectivity index (χ0v) is 9.49. The molecule has 88 valence electrons. The third kappa shape index (κ3) is 5.37. The van der Waals surface area contributed by atoms with Gasteiger partial charge in [0.05, 0.1) is 6.04 Å². The van der Waals surface area contributed by atoms with E-state index in [2.05, 4.69) is 5.32 Å². The summed E-state index contributed by atoms with van der Waals surface area (Å²) in [5.74, 6) is -1.19. The quantitative estimate of drug-likeness (QED) is 0.572. The maximum absolute atomic E-state index is 10.9. The van der Waals surface area contributed by atoms with Crippen molar-refractivity contribution in [3.8, 4) is 0 Å². The third-order valence-electron chi connectivity index (χ3n) is 2.16. The Kier molecular flexibility index (Phi) is 5.93. The Balaban J connectivity index is 4.38. The molecule has 0 rings (SSSR count). The average Bonchev–Trinajstić information content (AvgIpc) is 2.10. The summed E-state index contributed by atoms with van der Waals surface area (Å²) >= 11 is 0. The average molecular weight is 216 g/mol. The summed E-state index contributed by atoms with van der Waals surface area (Å²) in [5, 5.41) is 11.7. The second kappa shape index (κ2) is 6.40. The number of nitrogens with two attached hydrogens (primary N) is 1. The maximum atomic E-state index is 10.9. The van der Waals surface area contributed by atoms with Gasteiger partial charge in [0, 0.05) is 0 Å². The predicted octanol–water partition coefficient (Wildman–Crippen LogP) is 0.339. The molecule has 4 N–H and O–H groups in total. The van der Waals surface area contributed by atoms with E-state index in [0.29, 0.717) is 12.8 Å². The molecule has 0 saturated carbocycles. The van der Waals surface area contributed by atoms with Gasteiger partial charge in [0.25, 0.3) is 0 Å². The number of hydrogen-bond acceptors (Lipinski definition) is 3. The van der Waals surface area contributed by atoms with Crippen molar-refractivity contribution in [2.45, 2.75) is 45.7 Å². The summed E-state index contributed by atoms with van der Waals surface area (Å²) < 4.78 is 0. The molecule has 0 radical (unpaired) electrons. The van der Waals surface area contributed by atoms with Gasteiger partial charge in [-0.1, -0.05) is 20.8 Å². The molecule has 0 saturated heterocycles. The van der Waals surface area contributed by atoms with E-state index in [1.54, 1.807) is 6.92 Å². The van der Waals surface area contributed by atoms with Crippen LogP contribution in [0.15, 0.2) is 0 Å². The fourth-order valence-electron chi connectivity index (χ4n) is 1.36. The van der Waals surface area contributed by atoms with Crippen molar-refractivity contribution in [3.63, 3.8) is 0 Å². The van der Waals surface area contributed by atoms with Gasteiger partial charge in [0.15, 0.2) is 0 Å². The summed E-state index contributed by atoms with van der Waals surface area (Å²) in [7, 11) is 0. The van der Waals surface area contributed by atoms with Crippen molar-refractivity contribution < 1.29 is 14.7 Å². The van der Waals surface area contributed by atoms with Crippen molar-refractivity contribution in [2.75, 3.05) is 0 Å². The maximum Gasteiger partial charge on any atom is 0.320 e. The Morgan fingerprint density at radius 2 is 1.87 bits per heavy atom. The predicted molar refractivity (Wildman–Crippen MR) is 57.3 cm³/mol. The van der Waals surface area contributed by atoms with Gasteiger partial charge in [-0.15, -0.1) is 0 Å². The van der Waals surface area contributed by atoms with Gasteiger partial charge >= 0.3 is 5.97 Å². The molecule has 0 aromatic rings. The van der Waals surface area contributed by atoms with Gasteiger partial charge in [0.1, 0.15) is 6.04 Å². The number of carboxylic acid groups (broad SMARTS) is 1. The number of primary amides is 1. The molecule has 0 heterocycles. The molecule has 2 unspecified atom stereocenters. The van der Waals surface area contributed by atoms with Gasteiger partial charge in [-0.2, -0.15) is 0 Å². The van der Waals surface area contributed by atoms with Crippen molar-refractivity contribution in [3.05, 3.63) is 0 Å². The van der Waals surface area contributed by atoms with Crippen molar-refractivity contribution in [1.29, 1.82) is 0 Å². The molecule has 5 nitrogen and oxygen atoms in total.